The molecule has 4 rings (SSSR count). The number of ether oxygens (including phenoxy) is 2. The second kappa shape index (κ2) is 12.1. The van der Waals surface area contributed by atoms with E-state index >= 15 is 0 Å². The number of benzene rings is 2. The van der Waals surface area contributed by atoms with Crippen molar-refractivity contribution in [1.82, 2.24) is 10.2 Å². The van der Waals surface area contributed by atoms with Crippen LogP contribution in [0.4, 0.5) is 0 Å². The van der Waals surface area contributed by atoms with Gasteiger partial charge >= 0.3 is 0 Å². The number of hydrogen-bond acceptors (Lipinski definition) is 7. The number of rotatable bonds is 11. The van der Waals surface area contributed by atoms with Crippen molar-refractivity contribution in [3.63, 3.8) is 0 Å². The number of carbonyl (C=O) groups is 2. The van der Waals surface area contributed by atoms with Crippen molar-refractivity contribution in [1.29, 1.82) is 0 Å². The van der Waals surface area contributed by atoms with Crippen LogP contribution in [0.25, 0.3) is 0 Å². The number of nitrogens with two attached hydrogens (primary N) is 1. The van der Waals surface area contributed by atoms with Gasteiger partial charge < -0.3 is 25.6 Å². The maximum Gasteiger partial charge on any atom is 0.251 e. The Morgan fingerprint density at radius 2 is 1.97 bits per heavy atom. The van der Waals surface area contributed by atoms with Gasteiger partial charge in [-0.25, -0.2) is 4.99 Å². The van der Waals surface area contributed by atoms with E-state index < -0.39 is 23.7 Å². The molecule has 0 spiro atoms. The number of nitrogens with one attached hydrogen (secondary N) is 1. The molecule has 0 radical (unpaired) electrons. The molecule has 1 aliphatic heterocycles. The fourth-order valence-corrected chi connectivity index (χ4v) is 5.34. The van der Waals surface area contributed by atoms with Gasteiger partial charge in [0, 0.05) is 19.1 Å². The van der Waals surface area contributed by atoms with Crippen molar-refractivity contribution >= 4 is 17.8 Å². The Kier molecular flexibility index (Phi) is 8.81. The van der Waals surface area contributed by atoms with Crippen LogP contribution in [0.3, 0.4) is 0 Å². The summed E-state index contributed by atoms with van der Waals surface area (Å²) in [6.45, 7) is 4.94. The van der Waals surface area contributed by atoms with Crippen molar-refractivity contribution in [2.24, 2.45) is 10.7 Å². The van der Waals surface area contributed by atoms with Crippen molar-refractivity contribution < 1.29 is 24.2 Å². The zero-order valence-corrected chi connectivity index (χ0v) is 22.4. The topological polar surface area (TPSA) is 126 Å². The number of aliphatic imine (C=N–C) groups is 1. The minimum absolute atomic E-state index is 0.123. The van der Waals surface area contributed by atoms with Gasteiger partial charge in [-0.05, 0) is 41.7 Å². The van der Waals surface area contributed by atoms with Crippen molar-refractivity contribution in [2.75, 3.05) is 26.9 Å². The van der Waals surface area contributed by atoms with Crippen LogP contribution in [-0.2, 0) is 20.7 Å². The molecule has 2 aromatic carbocycles. The van der Waals surface area contributed by atoms with Crippen molar-refractivity contribution in [2.45, 2.75) is 63.3 Å². The highest BCUT2D eigenvalue weighted by molar-refractivity contribution is 6.00. The molecule has 204 valence electrons. The van der Waals surface area contributed by atoms with E-state index in [2.05, 4.69) is 5.32 Å². The first-order chi connectivity index (χ1) is 18.3. The number of guanidine groups is 1. The molecular weight excluding hydrogens is 484 g/mol. The molecule has 38 heavy (non-hydrogen) atoms. The van der Waals surface area contributed by atoms with Gasteiger partial charge in [0.2, 0.25) is 5.91 Å². The predicted octanol–water partition coefficient (Wildman–Crippen LogP) is 2.88. The summed E-state index contributed by atoms with van der Waals surface area (Å²) in [6.07, 6.45) is 1.49. The molecule has 0 fully saturated rings. The summed E-state index contributed by atoms with van der Waals surface area (Å²) in [5.74, 6) is -0.276. The van der Waals surface area contributed by atoms with Crippen LogP contribution in [0.5, 0.6) is 0 Å². The zero-order valence-electron chi connectivity index (χ0n) is 22.4. The largest absolute Gasteiger partial charge is 0.390 e. The van der Waals surface area contributed by atoms with Crippen LogP contribution in [0.15, 0.2) is 53.5 Å². The average molecular weight is 523 g/mol. The molecule has 0 saturated heterocycles. The van der Waals surface area contributed by atoms with Crippen molar-refractivity contribution in [3.8, 4) is 0 Å². The summed E-state index contributed by atoms with van der Waals surface area (Å²) in [5, 5.41) is 13.6. The van der Waals surface area contributed by atoms with Gasteiger partial charge in [0.05, 0.1) is 50.0 Å². The van der Waals surface area contributed by atoms with Gasteiger partial charge in [0.25, 0.3) is 5.91 Å². The third kappa shape index (κ3) is 5.75. The van der Waals surface area contributed by atoms with Gasteiger partial charge in [-0.15, -0.1) is 0 Å². The van der Waals surface area contributed by atoms with Crippen molar-refractivity contribution in [3.05, 3.63) is 70.8 Å². The highest BCUT2D eigenvalue weighted by Crippen LogP contribution is 2.34. The molecule has 0 aromatic heterocycles. The number of nitrogens with zero attached hydrogens (tertiary/aromatic N) is 2. The smallest absolute Gasteiger partial charge is 0.251 e. The third-order valence-electron chi connectivity index (χ3n) is 7.71. The number of methoxy groups -OCH3 is 1. The number of amides is 2. The lowest BCUT2D eigenvalue weighted by atomic mass is 9.87. The molecule has 1 aliphatic carbocycles. The standard InChI is InChI=1S/C29H38N4O5/c1-4-29(5-2)17-25(35)33(28(30)32-29)23(18-38-14-13-37-3)20-10-8-11-21(15-20)27(36)31-26-22-12-7-6-9-19(22)16-24(26)34/h6-12,15,23-24,26,34H,4-5,13-14,16-18H2,1-3H3,(H2,30,32)(H,31,36)/t23-,24-,26-/m1/s1. The first-order valence-electron chi connectivity index (χ1n) is 13.2. The van der Waals surface area contributed by atoms with E-state index in [1.54, 1.807) is 25.3 Å². The van der Waals surface area contributed by atoms with Crippen LogP contribution < -0.4 is 11.1 Å². The minimum Gasteiger partial charge on any atom is -0.390 e. The van der Waals surface area contributed by atoms with Crippen LogP contribution in [-0.4, -0.2) is 66.4 Å². The molecule has 3 atom stereocenters. The highest BCUT2D eigenvalue weighted by Gasteiger charge is 2.40. The fraction of sp³-hybridized carbons (Fsp3) is 0.483. The molecular formula is C29H38N4O5. The summed E-state index contributed by atoms with van der Waals surface area (Å²) < 4.78 is 10.9. The Hall–Kier alpha value is -3.27. The van der Waals surface area contributed by atoms with Gasteiger partial charge in [-0.1, -0.05) is 50.2 Å². The first-order valence-corrected chi connectivity index (χ1v) is 13.2. The number of fused-ring (bicyclic) bond motifs is 1. The van der Waals surface area contributed by atoms with E-state index in [9.17, 15) is 14.7 Å². The SMILES string of the molecule is CCC1(CC)CC(=O)N([C@H](COCCOC)c2cccc(C(=O)N[C@@H]3c4ccccc4C[C@H]3O)c2)C(N)=N1. The fourth-order valence-electron chi connectivity index (χ4n) is 5.34. The maximum atomic E-state index is 13.4. The Morgan fingerprint density at radius 1 is 1.21 bits per heavy atom. The second-order valence-corrected chi connectivity index (χ2v) is 9.97. The van der Waals surface area contributed by atoms with Gasteiger partial charge in [-0.2, -0.15) is 0 Å². The molecule has 9 heteroatoms. The summed E-state index contributed by atoms with van der Waals surface area (Å²) in [5.41, 5.74) is 8.97. The molecule has 2 aliphatic rings. The predicted molar refractivity (Wildman–Crippen MR) is 145 cm³/mol. The third-order valence-corrected chi connectivity index (χ3v) is 7.71. The van der Waals surface area contributed by atoms with Crippen LogP contribution in [0, 0.1) is 0 Å². The average Bonchev–Trinajstić information content (AvgIpc) is 3.24. The normalized spacial score (nSPS) is 21.1. The highest BCUT2D eigenvalue weighted by atomic mass is 16.5. The molecule has 0 bridgehead atoms. The Bertz CT molecular complexity index is 1180. The molecule has 2 amide bonds. The maximum absolute atomic E-state index is 13.4. The summed E-state index contributed by atoms with van der Waals surface area (Å²) in [6, 6.07) is 13.7. The van der Waals surface area contributed by atoms with E-state index in [1.165, 1.54) is 4.90 Å². The summed E-state index contributed by atoms with van der Waals surface area (Å²) in [7, 11) is 1.59. The van der Waals surface area contributed by atoms with Crippen LogP contribution in [0.1, 0.15) is 72.2 Å². The number of hydrogen-bond donors (Lipinski definition) is 3. The monoisotopic (exact) mass is 522 g/mol. The summed E-state index contributed by atoms with van der Waals surface area (Å²) >= 11 is 0. The Balaban J connectivity index is 1.61. The Labute approximate surface area is 224 Å². The second-order valence-electron chi connectivity index (χ2n) is 9.97. The number of aliphatic hydroxyl groups excluding tert-OH is 1. The van der Waals surface area contributed by atoms with E-state index in [0.717, 1.165) is 11.1 Å². The molecule has 9 nitrogen and oxygen atoms in total. The lowest BCUT2D eigenvalue weighted by Crippen LogP contribution is -2.53. The van der Waals surface area contributed by atoms with E-state index in [-0.39, 0.29) is 30.8 Å². The minimum atomic E-state index is -0.694. The lowest BCUT2D eigenvalue weighted by Gasteiger charge is -2.40. The van der Waals surface area contributed by atoms with E-state index in [0.29, 0.717) is 43.6 Å². The zero-order chi connectivity index (χ0) is 27.3. The number of aliphatic hydroxyl groups is 1. The Morgan fingerprint density at radius 3 is 2.68 bits per heavy atom. The molecule has 2 aromatic rings. The van der Waals surface area contributed by atoms with Gasteiger partial charge in [0.15, 0.2) is 5.96 Å². The lowest BCUT2D eigenvalue weighted by molar-refractivity contribution is -0.132. The quantitative estimate of drug-likeness (QED) is 0.390. The summed E-state index contributed by atoms with van der Waals surface area (Å²) in [4.78, 5) is 33.0. The molecule has 0 unspecified atom stereocenters. The van der Waals surface area contributed by atoms with Crippen LogP contribution >= 0.6 is 0 Å². The van der Waals surface area contributed by atoms with Gasteiger partial charge in [-0.3, -0.25) is 14.5 Å². The van der Waals surface area contributed by atoms with Crippen LogP contribution in [0.2, 0.25) is 0 Å². The number of carbonyl (C=O) groups excluding carboxylic acids is 2. The van der Waals surface area contributed by atoms with Gasteiger partial charge in [0.1, 0.15) is 0 Å². The van der Waals surface area contributed by atoms with E-state index in [1.807, 2.05) is 44.2 Å². The first kappa shape index (κ1) is 27.8. The molecule has 0 saturated carbocycles. The van der Waals surface area contributed by atoms with E-state index in [4.69, 9.17) is 20.2 Å². The molecule has 1 heterocycles. The molecule has 4 N–H and O–H groups in total.